The van der Waals surface area contributed by atoms with Gasteiger partial charge in [-0.05, 0) is 18.1 Å². The van der Waals surface area contributed by atoms with E-state index < -0.39 is 5.97 Å². The summed E-state index contributed by atoms with van der Waals surface area (Å²) in [6.07, 6.45) is 5.16. The standard InChI is InChI=1S/C10H12N2O2/c1-2-3-9(11)7-4-8(10(13)14)6-12-5-7/h2,4-6,9H,1,3,11H2,(H,13,14). The van der Waals surface area contributed by atoms with Crippen LogP contribution in [0.15, 0.2) is 31.1 Å². The third-order valence-corrected chi connectivity index (χ3v) is 1.86. The molecule has 0 fully saturated rings. The summed E-state index contributed by atoms with van der Waals surface area (Å²) in [7, 11) is 0. The first-order chi connectivity index (χ1) is 6.65. The Morgan fingerprint density at radius 2 is 2.43 bits per heavy atom. The second-order valence-corrected chi connectivity index (χ2v) is 2.94. The number of pyridine rings is 1. The molecule has 1 heterocycles. The molecular weight excluding hydrogens is 180 g/mol. The largest absolute Gasteiger partial charge is 0.478 e. The minimum atomic E-state index is -0.995. The summed E-state index contributed by atoms with van der Waals surface area (Å²) in [5.74, 6) is -0.995. The molecule has 0 radical (unpaired) electrons. The number of hydrogen-bond donors (Lipinski definition) is 2. The smallest absolute Gasteiger partial charge is 0.337 e. The third-order valence-electron chi connectivity index (χ3n) is 1.86. The maximum Gasteiger partial charge on any atom is 0.337 e. The molecule has 1 unspecified atom stereocenters. The van der Waals surface area contributed by atoms with Gasteiger partial charge in [-0.15, -0.1) is 6.58 Å². The SMILES string of the molecule is C=CCC(N)c1cncc(C(=O)O)c1. The highest BCUT2D eigenvalue weighted by Crippen LogP contribution is 2.14. The summed E-state index contributed by atoms with van der Waals surface area (Å²) in [5.41, 5.74) is 6.64. The monoisotopic (exact) mass is 192 g/mol. The highest BCUT2D eigenvalue weighted by Gasteiger charge is 2.08. The molecule has 0 aliphatic heterocycles. The topological polar surface area (TPSA) is 76.2 Å². The van der Waals surface area contributed by atoms with E-state index in [0.717, 1.165) is 0 Å². The fourth-order valence-electron chi connectivity index (χ4n) is 1.09. The van der Waals surface area contributed by atoms with Gasteiger partial charge in [0, 0.05) is 18.4 Å². The van der Waals surface area contributed by atoms with Gasteiger partial charge in [0.05, 0.1) is 5.56 Å². The number of aromatic nitrogens is 1. The Morgan fingerprint density at radius 3 is 3.00 bits per heavy atom. The molecule has 1 aromatic heterocycles. The highest BCUT2D eigenvalue weighted by atomic mass is 16.4. The van der Waals surface area contributed by atoms with E-state index in [9.17, 15) is 4.79 Å². The number of carbonyl (C=O) groups is 1. The molecule has 0 spiro atoms. The lowest BCUT2D eigenvalue weighted by atomic mass is 10.1. The van der Waals surface area contributed by atoms with Crippen LogP contribution in [0.2, 0.25) is 0 Å². The van der Waals surface area contributed by atoms with Crippen molar-refractivity contribution in [1.29, 1.82) is 0 Å². The third kappa shape index (κ3) is 2.40. The van der Waals surface area contributed by atoms with Crippen molar-refractivity contribution in [3.8, 4) is 0 Å². The number of nitrogens with two attached hydrogens (primary N) is 1. The van der Waals surface area contributed by atoms with Crippen molar-refractivity contribution in [1.82, 2.24) is 4.98 Å². The molecular formula is C10H12N2O2. The zero-order chi connectivity index (χ0) is 10.6. The average molecular weight is 192 g/mol. The molecule has 14 heavy (non-hydrogen) atoms. The molecule has 0 aromatic carbocycles. The number of aromatic carboxylic acids is 1. The predicted molar refractivity (Wildman–Crippen MR) is 52.9 cm³/mol. The van der Waals surface area contributed by atoms with Crippen LogP contribution in [0, 0.1) is 0 Å². The Kier molecular flexibility index (Phi) is 3.36. The van der Waals surface area contributed by atoms with Crippen LogP contribution in [0.5, 0.6) is 0 Å². The van der Waals surface area contributed by atoms with E-state index in [1.54, 1.807) is 12.3 Å². The Labute approximate surface area is 82.1 Å². The first-order valence-electron chi connectivity index (χ1n) is 4.20. The minimum Gasteiger partial charge on any atom is -0.478 e. The van der Waals surface area contributed by atoms with E-state index in [1.165, 1.54) is 12.3 Å². The molecule has 0 saturated heterocycles. The van der Waals surface area contributed by atoms with Crippen LogP contribution in [0.4, 0.5) is 0 Å². The van der Waals surface area contributed by atoms with Gasteiger partial charge in [-0.1, -0.05) is 6.08 Å². The maximum atomic E-state index is 10.6. The molecule has 1 aromatic rings. The fraction of sp³-hybridized carbons (Fsp3) is 0.200. The second kappa shape index (κ2) is 4.53. The Morgan fingerprint density at radius 1 is 1.71 bits per heavy atom. The molecule has 0 aliphatic carbocycles. The quantitative estimate of drug-likeness (QED) is 0.706. The van der Waals surface area contributed by atoms with Gasteiger partial charge in [0.1, 0.15) is 0 Å². The number of nitrogens with zero attached hydrogens (tertiary/aromatic N) is 1. The number of hydrogen-bond acceptors (Lipinski definition) is 3. The summed E-state index contributed by atoms with van der Waals surface area (Å²) < 4.78 is 0. The molecule has 4 nitrogen and oxygen atoms in total. The van der Waals surface area contributed by atoms with Crippen LogP contribution in [0.3, 0.4) is 0 Å². The van der Waals surface area contributed by atoms with Crippen LogP contribution in [-0.2, 0) is 0 Å². The van der Waals surface area contributed by atoms with E-state index in [2.05, 4.69) is 11.6 Å². The lowest BCUT2D eigenvalue weighted by Crippen LogP contribution is -2.10. The number of carboxylic acids is 1. The Bertz CT molecular complexity index is 350. The molecule has 1 atom stereocenters. The summed E-state index contributed by atoms with van der Waals surface area (Å²) in [4.78, 5) is 14.4. The minimum absolute atomic E-state index is 0.155. The lowest BCUT2D eigenvalue weighted by molar-refractivity contribution is 0.0696. The molecule has 4 heteroatoms. The van der Waals surface area contributed by atoms with Gasteiger partial charge in [-0.2, -0.15) is 0 Å². The molecule has 74 valence electrons. The number of rotatable bonds is 4. The van der Waals surface area contributed by atoms with E-state index in [0.29, 0.717) is 12.0 Å². The van der Waals surface area contributed by atoms with Crippen molar-refractivity contribution in [2.24, 2.45) is 5.73 Å². The van der Waals surface area contributed by atoms with E-state index in [1.807, 2.05) is 0 Å². The highest BCUT2D eigenvalue weighted by molar-refractivity contribution is 5.87. The van der Waals surface area contributed by atoms with Crippen molar-refractivity contribution < 1.29 is 9.90 Å². The van der Waals surface area contributed by atoms with E-state index >= 15 is 0 Å². The van der Waals surface area contributed by atoms with Gasteiger partial charge < -0.3 is 10.8 Å². The molecule has 0 aliphatic rings. The first-order valence-corrected chi connectivity index (χ1v) is 4.20. The summed E-state index contributed by atoms with van der Waals surface area (Å²) in [6.45, 7) is 3.57. The van der Waals surface area contributed by atoms with Gasteiger partial charge in [0.2, 0.25) is 0 Å². The van der Waals surface area contributed by atoms with Crippen LogP contribution in [0.1, 0.15) is 28.4 Å². The average Bonchev–Trinajstić information content (AvgIpc) is 2.18. The van der Waals surface area contributed by atoms with Gasteiger partial charge in [-0.25, -0.2) is 4.79 Å². The zero-order valence-corrected chi connectivity index (χ0v) is 7.68. The van der Waals surface area contributed by atoms with Crippen molar-refractivity contribution in [2.45, 2.75) is 12.5 Å². The van der Waals surface area contributed by atoms with Crippen molar-refractivity contribution >= 4 is 5.97 Å². The van der Waals surface area contributed by atoms with Crippen molar-refractivity contribution in [3.63, 3.8) is 0 Å². The molecule has 0 bridgehead atoms. The van der Waals surface area contributed by atoms with Gasteiger partial charge in [0.15, 0.2) is 0 Å². The number of carboxylic acid groups (broad SMARTS) is 1. The summed E-state index contributed by atoms with van der Waals surface area (Å²) >= 11 is 0. The molecule has 0 saturated carbocycles. The molecule has 3 N–H and O–H groups in total. The Hall–Kier alpha value is -1.68. The van der Waals surface area contributed by atoms with Crippen LogP contribution < -0.4 is 5.73 Å². The Balaban J connectivity index is 2.93. The summed E-state index contributed by atoms with van der Waals surface area (Å²) in [6, 6.07) is 1.29. The predicted octanol–water partition coefficient (Wildman–Crippen LogP) is 1.36. The first kappa shape index (κ1) is 10.4. The van der Waals surface area contributed by atoms with E-state index in [4.69, 9.17) is 10.8 Å². The summed E-state index contributed by atoms with van der Waals surface area (Å²) in [5, 5.41) is 8.72. The molecule has 1 rings (SSSR count). The van der Waals surface area contributed by atoms with Gasteiger partial charge in [-0.3, -0.25) is 4.98 Å². The van der Waals surface area contributed by atoms with Crippen LogP contribution in [-0.4, -0.2) is 16.1 Å². The van der Waals surface area contributed by atoms with Gasteiger partial charge >= 0.3 is 5.97 Å². The van der Waals surface area contributed by atoms with Crippen molar-refractivity contribution in [2.75, 3.05) is 0 Å². The van der Waals surface area contributed by atoms with Crippen LogP contribution >= 0.6 is 0 Å². The van der Waals surface area contributed by atoms with Gasteiger partial charge in [0.25, 0.3) is 0 Å². The lowest BCUT2D eigenvalue weighted by Gasteiger charge is -2.08. The van der Waals surface area contributed by atoms with Crippen molar-refractivity contribution in [3.05, 3.63) is 42.2 Å². The van der Waals surface area contributed by atoms with E-state index in [-0.39, 0.29) is 11.6 Å². The fourth-order valence-corrected chi connectivity index (χ4v) is 1.09. The maximum absolute atomic E-state index is 10.6. The van der Waals surface area contributed by atoms with Crippen LogP contribution in [0.25, 0.3) is 0 Å². The molecule has 0 amide bonds. The normalized spacial score (nSPS) is 12.1. The zero-order valence-electron chi connectivity index (χ0n) is 7.68. The second-order valence-electron chi connectivity index (χ2n) is 2.94.